The normalized spacial score (nSPS) is 14.1. The summed E-state index contributed by atoms with van der Waals surface area (Å²) in [7, 11) is 0. The van der Waals surface area contributed by atoms with Crippen molar-refractivity contribution in [1.29, 1.82) is 0 Å². The molecule has 1 atom stereocenters. The van der Waals surface area contributed by atoms with Crippen LogP contribution in [0.1, 0.15) is 20.3 Å². The largest absolute Gasteiger partial charge is 0.329 e. The molecule has 0 aliphatic rings. The summed E-state index contributed by atoms with van der Waals surface area (Å²) >= 11 is 0. The van der Waals surface area contributed by atoms with E-state index in [-0.39, 0.29) is 5.91 Å². The number of nitrogens with two attached hydrogens (primary N) is 1. The van der Waals surface area contributed by atoms with Crippen LogP contribution in [0.5, 0.6) is 0 Å². The van der Waals surface area contributed by atoms with Crippen molar-refractivity contribution in [3.63, 3.8) is 0 Å². The molecule has 1 amide bonds. The number of para-hydroxylation sites is 1. The SMILES string of the molecule is CCC(C)(CN)C(=O)Nc1cccc2cccnc12. The average Bonchev–Trinajstić information content (AvgIpc) is 2.46. The lowest BCUT2D eigenvalue weighted by Gasteiger charge is -2.25. The van der Waals surface area contributed by atoms with E-state index in [1.807, 2.05) is 44.2 Å². The first-order chi connectivity index (χ1) is 9.10. The van der Waals surface area contributed by atoms with Gasteiger partial charge in [0.2, 0.25) is 5.91 Å². The van der Waals surface area contributed by atoms with Crippen LogP contribution in [0.3, 0.4) is 0 Å². The van der Waals surface area contributed by atoms with Gasteiger partial charge in [0.1, 0.15) is 0 Å². The number of amides is 1. The van der Waals surface area contributed by atoms with Gasteiger partial charge in [-0.1, -0.05) is 25.1 Å². The third kappa shape index (κ3) is 2.58. The molecule has 3 N–H and O–H groups in total. The Labute approximate surface area is 113 Å². The quantitative estimate of drug-likeness (QED) is 0.884. The standard InChI is InChI=1S/C15H19N3O/c1-3-15(2,10-16)14(19)18-12-8-4-6-11-7-5-9-17-13(11)12/h4-9H,3,10,16H2,1-2H3,(H,18,19). The fraction of sp³-hybridized carbons (Fsp3) is 0.333. The minimum atomic E-state index is -0.545. The van der Waals surface area contributed by atoms with E-state index in [0.29, 0.717) is 13.0 Å². The van der Waals surface area contributed by atoms with Gasteiger partial charge in [0.05, 0.1) is 16.6 Å². The third-order valence-electron chi connectivity index (χ3n) is 3.66. The number of nitrogens with one attached hydrogen (secondary N) is 1. The number of hydrogen-bond donors (Lipinski definition) is 2. The highest BCUT2D eigenvalue weighted by Gasteiger charge is 2.29. The molecule has 4 heteroatoms. The highest BCUT2D eigenvalue weighted by atomic mass is 16.2. The molecule has 0 saturated carbocycles. The van der Waals surface area contributed by atoms with Crippen LogP contribution in [-0.2, 0) is 4.79 Å². The molecule has 1 aromatic carbocycles. The zero-order valence-electron chi connectivity index (χ0n) is 11.3. The van der Waals surface area contributed by atoms with Gasteiger partial charge >= 0.3 is 0 Å². The van der Waals surface area contributed by atoms with Crippen LogP contribution in [0.15, 0.2) is 36.5 Å². The minimum absolute atomic E-state index is 0.0596. The van der Waals surface area contributed by atoms with E-state index in [4.69, 9.17) is 5.73 Å². The number of rotatable bonds is 4. The Morgan fingerprint density at radius 2 is 2.11 bits per heavy atom. The summed E-state index contributed by atoms with van der Waals surface area (Å²) in [5.74, 6) is -0.0596. The molecule has 0 fully saturated rings. The van der Waals surface area contributed by atoms with Gasteiger partial charge in [-0.15, -0.1) is 0 Å². The number of anilines is 1. The molecule has 1 unspecified atom stereocenters. The van der Waals surface area contributed by atoms with Gasteiger partial charge < -0.3 is 11.1 Å². The molecule has 1 heterocycles. The van der Waals surface area contributed by atoms with Crippen LogP contribution in [0, 0.1) is 5.41 Å². The Hall–Kier alpha value is -1.94. The summed E-state index contributed by atoms with van der Waals surface area (Å²) < 4.78 is 0. The van der Waals surface area contributed by atoms with Gasteiger partial charge in [0.25, 0.3) is 0 Å². The number of aromatic nitrogens is 1. The second kappa shape index (κ2) is 5.36. The molecule has 4 nitrogen and oxygen atoms in total. The fourth-order valence-corrected chi connectivity index (χ4v) is 1.88. The predicted molar refractivity (Wildman–Crippen MR) is 77.8 cm³/mol. The van der Waals surface area contributed by atoms with E-state index in [0.717, 1.165) is 16.6 Å². The fourth-order valence-electron chi connectivity index (χ4n) is 1.88. The number of carbonyl (C=O) groups excluding carboxylic acids is 1. The Morgan fingerprint density at radius 1 is 1.37 bits per heavy atom. The summed E-state index contributed by atoms with van der Waals surface area (Å²) in [6, 6.07) is 9.59. The van der Waals surface area contributed by atoms with Crippen LogP contribution >= 0.6 is 0 Å². The summed E-state index contributed by atoms with van der Waals surface area (Å²) in [6.07, 6.45) is 2.42. The summed E-state index contributed by atoms with van der Waals surface area (Å²) in [4.78, 5) is 16.6. The maximum atomic E-state index is 12.3. The van der Waals surface area contributed by atoms with Gasteiger partial charge in [0.15, 0.2) is 0 Å². The molecule has 0 radical (unpaired) electrons. The molecule has 19 heavy (non-hydrogen) atoms. The van der Waals surface area contributed by atoms with E-state index in [9.17, 15) is 4.79 Å². The van der Waals surface area contributed by atoms with Gasteiger partial charge in [-0.05, 0) is 25.5 Å². The van der Waals surface area contributed by atoms with Crippen LogP contribution < -0.4 is 11.1 Å². The Kier molecular flexibility index (Phi) is 3.81. The maximum Gasteiger partial charge on any atom is 0.231 e. The van der Waals surface area contributed by atoms with Gasteiger partial charge in [-0.3, -0.25) is 9.78 Å². The minimum Gasteiger partial charge on any atom is -0.329 e. The Bertz CT molecular complexity index is 585. The van der Waals surface area contributed by atoms with E-state index < -0.39 is 5.41 Å². The molecular formula is C15H19N3O. The van der Waals surface area contributed by atoms with Crippen LogP contribution in [0.25, 0.3) is 10.9 Å². The topological polar surface area (TPSA) is 68.0 Å². The van der Waals surface area contributed by atoms with E-state index in [1.54, 1.807) is 6.20 Å². The number of carbonyl (C=O) groups is 1. The smallest absolute Gasteiger partial charge is 0.231 e. The molecule has 1 aromatic heterocycles. The van der Waals surface area contributed by atoms with Crippen molar-refractivity contribution in [2.75, 3.05) is 11.9 Å². The average molecular weight is 257 g/mol. The summed E-state index contributed by atoms with van der Waals surface area (Å²) in [5.41, 5.74) is 6.70. The van der Waals surface area contributed by atoms with Gasteiger partial charge in [-0.2, -0.15) is 0 Å². The summed E-state index contributed by atoms with van der Waals surface area (Å²) in [5, 5.41) is 3.95. The molecule has 0 saturated heterocycles. The first kappa shape index (κ1) is 13.5. The van der Waals surface area contributed by atoms with Crippen molar-refractivity contribution in [2.24, 2.45) is 11.1 Å². The number of fused-ring (bicyclic) bond motifs is 1. The van der Waals surface area contributed by atoms with Gasteiger partial charge in [0, 0.05) is 18.1 Å². The second-order valence-electron chi connectivity index (χ2n) is 4.95. The number of pyridine rings is 1. The van der Waals surface area contributed by atoms with Crippen molar-refractivity contribution < 1.29 is 4.79 Å². The molecular weight excluding hydrogens is 238 g/mol. The zero-order chi connectivity index (χ0) is 13.9. The number of benzene rings is 1. The molecule has 2 aromatic rings. The van der Waals surface area contributed by atoms with Gasteiger partial charge in [-0.25, -0.2) is 0 Å². The van der Waals surface area contributed by atoms with Crippen LogP contribution in [-0.4, -0.2) is 17.4 Å². The van der Waals surface area contributed by atoms with Crippen molar-refractivity contribution in [3.05, 3.63) is 36.5 Å². The molecule has 0 bridgehead atoms. The number of nitrogens with zero attached hydrogens (tertiary/aromatic N) is 1. The monoisotopic (exact) mass is 257 g/mol. The Morgan fingerprint density at radius 3 is 2.79 bits per heavy atom. The number of hydrogen-bond acceptors (Lipinski definition) is 3. The Balaban J connectivity index is 2.34. The molecule has 100 valence electrons. The molecule has 0 aliphatic heterocycles. The second-order valence-corrected chi connectivity index (χ2v) is 4.95. The third-order valence-corrected chi connectivity index (χ3v) is 3.66. The lowest BCUT2D eigenvalue weighted by atomic mass is 9.86. The van der Waals surface area contributed by atoms with Crippen LogP contribution in [0.4, 0.5) is 5.69 Å². The van der Waals surface area contributed by atoms with Crippen molar-refractivity contribution in [2.45, 2.75) is 20.3 Å². The first-order valence-corrected chi connectivity index (χ1v) is 6.46. The van der Waals surface area contributed by atoms with E-state index >= 15 is 0 Å². The van der Waals surface area contributed by atoms with E-state index in [1.165, 1.54) is 0 Å². The van der Waals surface area contributed by atoms with Crippen molar-refractivity contribution in [3.8, 4) is 0 Å². The highest BCUT2D eigenvalue weighted by Crippen LogP contribution is 2.25. The zero-order valence-corrected chi connectivity index (χ0v) is 11.3. The van der Waals surface area contributed by atoms with Crippen molar-refractivity contribution >= 4 is 22.5 Å². The molecule has 0 spiro atoms. The lowest BCUT2D eigenvalue weighted by Crippen LogP contribution is -2.39. The highest BCUT2D eigenvalue weighted by molar-refractivity contribution is 6.02. The first-order valence-electron chi connectivity index (χ1n) is 6.46. The summed E-state index contributed by atoms with van der Waals surface area (Å²) in [6.45, 7) is 4.17. The van der Waals surface area contributed by atoms with E-state index in [2.05, 4.69) is 10.3 Å². The maximum absolute atomic E-state index is 12.3. The molecule has 2 rings (SSSR count). The lowest BCUT2D eigenvalue weighted by molar-refractivity contribution is -0.124. The molecule has 0 aliphatic carbocycles. The van der Waals surface area contributed by atoms with Crippen LogP contribution in [0.2, 0.25) is 0 Å². The predicted octanol–water partition coefficient (Wildman–Crippen LogP) is 2.55. The van der Waals surface area contributed by atoms with Crippen molar-refractivity contribution in [1.82, 2.24) is 4.98 Å².